The van der Waals surface area contributed by atoms with E-state index >= 15 is 0 Å². The average Bonchev–Trinajstić information content (AvgIpc) is 2.50. The largest absolute Gasteiger partial charge is 0.273 e. The number of benzene rings is 2. The van der Waals surface area contributed by atoms with E-state index in [1.807, 2.05) is 54.6 Å². The van der Waals surface area contributed by atoms with Gasteiger partial charge in [-0.25, -0.2) is 5.43 Å². The highest BCUT2D eigenvalue weighted by atomic mass is 35.5. The zero-order chi connectivity index (χ0) is 14.9. The molecule has 0 radical (unpaired) electrons. The van der Waals surface area contributed by atoms with Crippen molar-refractivity contribution in [3.63, 3.8) is 0 Å². The molecule has 0 aliphatic carbocycles. The summed E-state index contributed by atoms with van der Waals surface area (Å²) in [6, 6.07) is 17.2. The highest BCUT2D eigenvalue weighted by molar-refractivity contribution is 7.99. The molecule has 0 unspecified atom stereocenters. The van der Waals surface area contributed by atoms with Gasteiger partial charge in [0.15, 0.2) is 0 Å². The molecule has 0 saturated carbocycles. The molecule has 3 nitrogen and oxygen atoms in total. The van der Waals surface area contributed by atoms with Crippen LogP contribution in [-0.4, -0.2) is 17.9 Å². The second-order valence-electron chi connectivity index (χ2n) is 4.26. The first-order valence-electron chi connectivity index (χ1n) is 6.49. The van der Waals surface area contributed by atoms with Crippen molar-refractivity contribution in [3.8, 4) is 0 Å². The van der Waals surface area contributed by atoms with E-state index in [9.17, 15) is 4.79 Å². The molecule has 0 aromatic heterocycles. The summed E-state index contributed by atoms with van der Waals surface area (Å²) in [5, 5.41) is 4.64. The lowest BCUT2D eigenvalue weighted by molar-refractivity contribution is -0.120. The zero-order valence-corrected chi connectivity index (χ0v) is 12.9. The molecule has 0 heterocycles. The lowest BCUT2D eigenvalue weighted by atomic mass is 10.2. The third-order valence-electron chi connectivity index (χ3n) is 2.61. The van der Waals surface area contributed by atoms with E-state index in [1.165, 1.54) is 0 Å². The second kappa shape index (κ2) is 8.49. The van der Waals surface area contributed by atoms with Gasteiger partial charge in [0.1, 0.15) is 0 Å². The van der Waals surface area contributed by atoms with Crippen molar-refractivity contribution >= 4 is 35.5 Å². The summed E-state index contributed by atoms with van der Waals surface area (Å²) in [7, 11) is 0. The molecule has 0 saturated heterocycles. The van der Waals surface area contributed by atoms with Gasteiger partial charge in [-0.15, -0.1) is 11.8 Å². The molecule has 0 bridgehead atoms. The molecule has 1 N–H and O–H groups in total. The van der Waals surface area contributed by atoms with Crippen molar-refractivity contribution < 1.29 is 4.79 Å². The smallest absolute Gasteiger partial charge is 0.240 e. The fourth-order valence-electron chi connectivity index (χ4n) is 1.57. The van der Waals surface area contributed by atoms with Crippen LogP contribution in [-0.2, 0) is 4.79 Å². The summed E-state index contributed by atoms with van der Waals surface area (Å²) in [5.74, 6) is 0.609. The fraction of sp³-hybridized carbons (Fsp3) is 0.125. The first kappa shape index (κ1) is 15.6. The summed E-state index contributed by atoms with van der Waals surface area (Å²) in [5.41, 5.74) is 3.47. The molecule has 5 heteroatoms. The molecule has 2 aromatic rings. The lowest BCUT2D eigenvalue weighted by Crippen LogP contribution is -2.17. The van der Waals surface area contributed by atoms with Gasteiger partial charge in [-0.05, 0) is 29.8 Å². The van der Waals surface area contributed by atoms with Crippen LogP contribution in [0.15, 0.2) is 64.6 Å². The highest BCUT2D eigenvalue weighted by Crippen LogP contribution is 2.20. The number of rotatable bonds is 6. The van der Waals surface area contributed by atoms with Crippen molar-refractivity contribution in [2.45, 2.75) is 11.3 Å². The minimum absolute atomic E-state index is 0.0938. The Morgan fingerprint density at radius 2 is 1.86 bits per heavy atom. The Bertz CT molecular complexity index is 599. The van der Waals surface area contributed by atoms with Gasteiger partial charge >= 0.3 is 0 Å². The van der Waals surface area contributed by atoms with E-state index in [1.54, 1.807) is 18.0 Å². The van der Waals surface area contributed by atoms with E-state index in [0.717, 1.165) is 10.5 Å². The van der Waals surface area contributed by atoms with Gasteiger partial charge in [0.2, 0.25) is 5.91 Å². The number of nitrogens with one attached hydrogen (secondary N) is 1. The van der Waals surface area contributed by atoms with Gasteiger partial charge in [0.25, 0.3) is 0 Å². The van der Waals surface area contributed by atoms with Gasteiger partial charge in [-0.1, -0.05) is 41.9 Å². The van der Waals surface area contributed by atoms with Gasteiger partial charge in [0.05, 0.1) is 6.21 Å². The maximum Gasteiger partial charge on any atom is 0.240 e. The second-order valence-corrected chi connectivity index (χ2v) is 5.86. The summed E-state index contributed by atoms with van der Waals surface area (Å²) in [6.07, 6.45) is 2.05. The standard InChI is InChI=1S/C16H15ClN2OS/c17-14-6-8-15(9-7-14)21-11-10-16(20)19-18-12-13-4-2-1-3-5-13/h1-9,12H,10-11H2,(H,19,20)/b18-12+. The molecule has 0 fully saturated rings. The minimum Gasteiger partial charge on any atom is -0.273 e. The molecule has 21 heavy (non-hydrogen) atoms. The monoisotopic (exact) mass is 318 g/mol. The lowest BCUT2D eigenvalue weighted by Gasteiger charge is -2.01. The van der Waals surface area contributed by atoms with Crippen LogP contribution in [0.4, 0.5) is 0 Å². The predicted octanol–water partition coefficient (Wildman–Crippen LogP) is 3.97. The minimum atomic E-state index is -0.0938. The fourth-order valence-corrected chi connectivity index (χ4v) is 2.54. The van der Waals surface area contributed by atoms with E-state index in [2.05, 4.69) is 10.5 Å². The van der Waals surface area contributed by atoms with Crippen LogP contribution in [0.25, 0.3) is 0 Å². The third kappa shape index (κ3) is 6.02. The Balaban J connectivity index is 1.68. The molecule has 2 rings (SSSR count). The van der Waals surface area contributed by atoms with Crippen molar-refractivity contribution in [3.05, 3.63) is 65.2 Å². The van der Waals surface area contributed by atoms with E-state index in [4.69, 9.17) is 11.6 Å². The number of carbonyl (C=O) groups excluding carboxylic acids is 1. The van der Waals surface area contributed by atoms with E-state index in [-0.39, 0.29) is 5.91 Å². The maximum absolute atomic E-state index is 11.6. The normalized spacial score (nSPS) is 10.7. The first-order valence-corrected chi connectivity index (χ1v) is 7.86. The van der Waals surface area contributed by atoms with Gasteiger partial charge in [0, 0.05) is 22.1 Å². The number of hydrazone groups is 1. The van der Waals surface area contributed by atoms with Gasteiger partial charge in [-0.2, -0.15) is 5.10 Å². The molecule has 0 spiro atoms. The molecule has 0 aliphatic heterocycles. The summed E-state index contributed by atoms with van der Waals surface area (Å²) in [4.78, 5) is 12.7. The van der Waals surface area contributed by atoms with Gasteiger partial charge < -0.3 is 0 Å². The molecular weight excluding hydrogens is 304 g/mol. The van der Waals surface area contributed by atoms with Crippen LogP contribution >= 0.6 is 23.4 Å². The average molecular weight is 319 g/mol. The molecule has 108 valence electrons. The highest BCUT2D eigenvalue weighted by Gasteiger charge is 2.00. The Kier molecular flexibility index (Phi) is 6.31. The topological polar surface area (TPSA) is 41.5 Å². The summed E-state index contributed by atoms with van der Waals surface area (Å²) >= 11 is 7.43. The Hall–Kier alpha value is -1.78. The van der Waals surface area contributed by atoms with Gasteiger partial charge in [-0.3, -0.25) is 4.79 Å². The van der Waals surface area contributed by atoms with Crippen LogP contribution in [0.1, 0.15) is 12.0 Å². The van der Waals surface area contributed by atoms with E-state index < -0.39 is 0 Å². The molecule has 0 atom stereocenters. The quantitative estimate of drug-likeness (QED) is 0.497. The molecular formula is C16H15ClN2OS. The maximum atomic E-state index is 11.6. The van der Waals surface area contributed by atoms with Crippen LogP contribution < -0.4 is 5.43 Å². The Morgan fingerprint density at radius 3 is 2.57 bits per heavy atom. The molecule has 0 aliphatic rings. The van der Waals surface area contributed by atoms with Crippen molar-refractivity contribution in [2.75, 3.05) is 5.75 Å². The van der Waals surface area contributed by atoms with Crippen LogP contribution in [0.2, 0.25) is 5.02 Å². The number of thioether (sulfide) groups is 1. The number of halogens is 1. The summed E-state index contributed by atoms with van der Waals surface area (Å²) < 4.78 is 0. The third-order valence-corrected chi connectivity index (χ3v) is 3.88. The number of nitrogens with zero attached hydrogens (tertiary/aromatic N) is 1. The van der Waals surface area contributed by atoms with Crippen LogP contribution in [0.5, 0.6) is 0 Å². The molecule has 2 aromatic carbocycles. The number of amides is 1. The first-order chi connectivity index (χ1) is 10.2. The Labute approximate surface area is 133 Å². The van der Waals surface area contributed by atoms with Crippen molar-refractivity contribution in [2.24, 2.45) is 5.10 Å². The van der Waals surface area contributed by atoms with Crippen LogP contribution in [0, 0.1) is 0 Å². The molecule has 1 amide bonds. The zero-order valence-electron chi connectivity index (χ0n) is 11.3. The van der Waals surface area contributed by atoms with E-state index in [0.29, 0.717) is 17.2 Å². The van der Waals surface area contributed by atoms with Crippen LogP contribution in [0.3, 0.4) is 0 Å². The predicted molar refractivity (Wildman–Crippen MR) is 89.0 cm³/mol. The Morgan fingerprint density at radius 1 is 1.14 bits per heavy atom. The van der Waals surface area contributed by atoms with Crippen molar-refractivity contribution in [1.29, 1.82) is 0 Å². The number of hydrogen-bond donors (Lipinski definition) is 1. The number of carbonyl (C=O) groups is 1. The SMILES string of the molecule is O=C(CCSc1ccc(Cl)cc1)N/N=C/c1ccccc1. The van der Waals surface area contributed by atoms with Crippen molar-refractivity contribution in [1.82, 2.24) is 5.43 Å². The summed E-state index contributed by atoms with van der Waals surface area (Å²) in [6.45, 7) is 0. The number of hydrogen-bond acceptors (Lipinski definition) is 3.